The van der Waals surface area contributed by atoms with Crippen molar-refractivity contribution in [3.05, 3.63) is 136 Å². The van der Waals surface area contributed by atoms with E-state index >= 15 is 4.39 Å². The number of carbonyl (C=O) groups is 1. The molecular formula is C42H59FN5O8P. The first kappa shape index (κ1) is 46.9. The number of carbonyl (C=O) groups excluding carboxylic acids is 1. The summed E-state index contributed by atoms with van der Waals surface area (Å²) in [5.41, 5.74) is -4.05. The van der Waals surface area contributed by atoms with Crippen LogP contribution in [0.15, 0.2) is 125 Å². The molecule has 0 spiro atoms. The number of benzene rings is 1. The molecule has 0 bridgehead atoms. The molecule has 312 valence electrons. The molecule has 5 N–H and O–H groups in total. The van der Waals surface area contributed by atoms with Crippen molar-refractivity contribution in [2.75, 3.05) is 32.8 Å². The van der Waals surface area contributed by atoms with Crippen LogP contribution in [0.1, 0.15) is 71.4 Å². The number of nitrogens with one attached hydrogen (secondary N) is 4. The number of halogens is 1. The number of alkyl halides is 1. The topological polar surface area (TPSA) is 173 Å². The molecule has 1 aromatic carbocycles. The van der Waals surface area contributed by atoms with Crippen molar-refractivity contribution in [3.8, 4) is 5.75 Å². The Morgan fingerprint density at radius 3 is 2.07 bits per heavy atom. The first-order valence-electron chi connectivity index (χ1n) is 19.5. The summed E-state index contributed by atoms with van der Waals surface area (Å²) in [4.78, 5) is 38.0. The van der Waals surface area contributed by atoms with Crippen LogP contribution in [-0.4, -0.2) is 71.2 Å². The van der Waals surface area contributed by atoms with Gasteiger partial charge in [0.25, 0.3) is 5.56 Å². The van der Waals surface area contributed by atoms with E-state index in [1.54, 1.807) is 30.3 Å². The van der Waals surface area contributed by atoms with E-state index < -0.39 is 49.7 Å². The molecule has 15 heteroatoms. The van der Waals surface area contributed by atoms with Gasteiger partial charge in [0.15, 0.2) is 11.9 Å². The Balaban J connectivity index is 1.29. The average molecular weight is 812 g/mol. The number of hydrogen-bond donors (Lipinski definition) is 5. The molecule has 1 aromatic heterocycles. The quantitative estimate of drug-likeness (QED) is 0.0381. The zero-order valence-corrected chi connectivity index (χ0v) is 33.9. The first-order valence-corrected chi connectivity index (χ1v) is 21.1. The monoisotopic (exact) mass is 811 g/mol. The molecule has 0 saturated carbocycles. The highest BCUT2D eigenvalue weighted by Crippen LogP contribution is 2.46. The lowest BCUT2D eigenvalue weighted by Crippen LogP contribution is -2.43. The molecular weight excluding hydrogens is 752 g/mol. The highest BCUT2D eigenvalue weighted by atomic mass is 31.2. The summed E-state index contributed by atoms with van der Waals surface area (Å²) in [6.45, 7) is 3.96. The molecule has 1 fully saturated rings. The molecule has 5 atom stereocenters. The van der Waals surface area contributed by atoms with Crippen molar-refractivity contribution in [2.45, 2.75) is 89.3 Å². The zero-order chi connectivity index (χ0) is 41.2. The normalized spacial score (nSPS) is 21.2. The zero-order valence-electron chi connectivity index (χ0n) is 33.0. The van der Waals surface area contributed by atoms with Gasteiger partial charge in [0.1, 0.15) is 18.0 Å². The number of para-hydroxylation sites is 1. The second-order valence-electron chi connectivity index (χ2n) is 13.3. The molecule has 2 aromatic rings. The highest BCUT2D eigenvalue weighted by molar-refractivity contribution is 7.52. The minimum atomic E-state index is -4.09. The van der Waals surface area contributed by atoms with Gasteiger partial charge in [0, 0.05) is 44.9 Å². The van der Waals surface area contributed by atoms with Gasteiger partial charge in [0.05, 0.1) is 6.61 Å². The number of rotatable bonds is 27. The molecule has 1 aliphatic rings. The minimum absolute atomic E-state index is 0.0584. The van der Waals surface area contributed by atoms with Crippen molar-refractivity contribution in [3.63, 3.8) is 0 Å². The van der Waals surface area contributed by atoms with Crippen LogP contribution in [0.25, 0.3) is 0 Å². The third-order valence-corrected chi connectivity index (χ3v) is 10.1. The Morgan fingerprint density at radius 2 is 1.47 bits per heavy atom. The lowest BCUT2D eigenvalue weighted by molar-refractivity contribution is -0.120. The lowest BCUT2D eigenvalue weighted by Gasteiger charge is -2.24. The fraction of sp³-hybridized carbons (Fsp3) is 0.452. The highest BCUT2D eigenvalue weighted by Gasteiger charge is 2.55. The molecule has 57 heavy (non-hydrogen) atoms. The summed E-state index contributed by atoms with van der Waals surface area (Å²) in [6, 6.07) is 9.32. The van der Waals surface area contributed by atoms with Crippen molar-refractivity contribution in [2.24, 2.45) is 0 Å². The van der Waals surface area contributed by atoms with Gasteiger partial charge in [-0.2, -0.15) is 0 Å². The summed E-state index contributed by atoms with van der Waals surface area (Å²) in [5, 5.41) is 19.5. The van der Waals surface area contributed by atoms with Crippen LogP contribution in [-0.2, 0) is 18.6 Å². The summed E-state index contributed by atoms with van der Waals surface area (Å²) >= 11 is 0. The second-order valence-corrected chi connectivity index (χ2v) is 15.1. The van der Waals surface area contributed by atoms with E-state index in [0.717, 1.165) is 62.3 Å². The third kappa shape index (κ3) is 18.1. The lowest BCUT2D eigenvalue weighted by atomic mass is 9.98. The summed E-state index contributed by atoms with van der Waals surface area (Å²) < 4.78 is 47.1. The molecule has 1 saturated heterocycles. The van der Waals surface area contributed by atoms with E-state index in [9.17, 15) is 24.1 Å². The standard InChI is InChI=1S/C42H59FN5O8P/c1-3-4-5-6-7-8-9-10-11-12-13-14-15-16-17-18-19-20-24-27-37(49)45-31-29-44-30-32-46-57(53,56-35-25-22-21-23-26-35)54-34-36-39(51)42(2,43)40(55-36)48-33-28-38(50)47-41(48)52/h4-5,7-8,10-11,13-14,16-17,19-23,25-26,28,33,36,39-40,44,51H,3,6,9,12,15,18,24,27,29-32,34H2,1-2H3,(H,45,49)(H,46,53)(H,47,50,52)/b5-4-,8-7-,11-10-,14-13-,17-16-,20-19-/t36-,39-,40-,42-,57?/m1/s1. The number of aliphatic hydroxyl groups is 1. The van der Waals surface area contributed by atoms with Gasteiger partial charge in [-0.15, -0.1) is 0 Å². The molecule has 1 aliphatic heterocycles. The van der Waals surface area contributed by atoms with Gasteiger partial charge in [-0.1, -0.05) is 98.0 Å². The minimum Gasteiger partial charge on any atom is -0.413 e. The number of nitrogens with zero attached hydrogens (tertiary/aromatic N) is 1. The van der Waals surface area contributed by atoms with E-state index in [0.29, 0.717) is 32.5 Å². The van der Waals surface area contributed by atoms with Crippen molar-refractivity contribution in [1.29, 1.82) is 0 Å². The van der Waals surface area contributed by atoms with Gasteiger partial charge in [0.2, 0.25) is 5.91 Å². The Kier molecular flexibility index (Phi) is 21.8. The molecule has 0 radical (unpaired) electrons. The fourth-order valence-electron chi connectivity index (χ4n) is 5.50. The van der Waals surface area contributed by atoms with E-state index in [4.69, 9.17) is 13.8 Å². The smallest absolute Gasteiger partial charge is 0.413 e. The van der Waals surface area contributed by atoms with Crippen molar-refractivity contribution in [1.82, 2.24) is 25.3 Å². The molecule has 1 unspecified atom stereocenters. The molecule has 13 nitrogen and oxygen atoms in total. The first-order chi connectivity index (χ1) is 27.6. The number of aliphatic hydroxyl groups excluding tert-OH is 1. The van der Waals surface area contributed by atoms with Crippen molar-refractivity contribution >= 4 is 13.7 Å². The third-order valence-electron chi connectivity index (χ3n) is 8.56. The fourth-order valence-corrected chi connectivity index (χ4v) is 6.83. The van der Waals surface area contributed by atoms with Crippen LogP contribution in [0.2, 0.25) is 0 Å². The van der Waals surface area contributed by atoms with Crippen LogP contribution in [0.5, 0.6) is 5.75 Å². The predicted molar refractivity (Wildman–Crippen MR) is 223 cm³/mol. The predicted octanol–water partition coefficient (Wildman–Crippen LogP) is 6.50. The van der Waals surface area contributed by atoms with Crippen LogP contribution in [0, 0.1) is 0 Å². The van der Waals surface area contributed by atoms with Gasteiger partial charge < -0.3 is 25.0 Å². The molecule has 3 rings (SSSR count). The van der Waals surface area contributed by atoms with E-state index in [1.165, 1.54) is 0 Å². The van der Waals surface area contributed by atoms with Crippen LogP contribution < -0.4 is 31.5 Å². The van der Waals surface area contributed by atoms with Gasteiger partial charge in [-0.25, -0.2) is 18.8 Å². The SMILES string of the molecule is CC/C=C\C/C=C\C/C=C\C/C=C\C/C=C\C/C=C\CCC(=O)NCCNCCNP(=O)(OC[C@H]1O[C@@H](n2ccc(=O)[nH]c2=O)[C@](C)(F)[C@@H]1O)Oc1ccccc1. The number of ether oxygens (including phenoxy) is 1. The van der Waals surface area contributed by atoms with Crippen LogP contribution >= 0.6 is 7.75 Å². The molecule has 0 aliphatic carbocycles. The van der Waals surface area contributed by atoms with Crippen molar-refractivity contribution < 1.29 is 32.6 Å². The summed E-state index contributed by atoms with van der Waals surface area (Å²) in [7, 11) is -4.09. The number of amides is 1. The maximum absolute atomic E-state index is 15.6. The Hall–Kier alpha value is -4.43. The number of H-pyrrole nitrogens is 1. The Labute approximate surface area is 335 Å². The molecule has 2 heterocycles. The van der Waals surface area contributed by atoms with Crippen LogP contribution in [0.4, 0.5) is 4.39 Å². The summed E-state index contributed by atoms with van der Waals surface area (Å²) in [6.07, 6.45) is 28.8. The van der Waals surface area contributed by atoms with Gasteiger partial charge in [-0.05, 0) is 64.0 Å². The largest absolute Gasteiger partial charge is 0.458 e. The Morgan fingerprint density at radius 1 is 0.895 bits per heavy atom. The number of allylic oxidation sites excluding steroid dienone is 12. The van der Waals surface area contributed by atoms with Gasteiger partial charge >= 0.3 is 13.4 Å². The molecule has 1 amide bonds. The van der Waals surface area contributed by atoms with E-state index in [1.807, 2.05) is 11.1 Å². The van der Waals surface area contributed by atoms with E-state index in [-0.39, 0.29) is 18.2 Å². The average Bonchev–Trinajstić information content (AvgIpc) is 3.41. The van der Waals surface area contributed by atoms with E-state index in [2.05, 4.69) is 89.5 Å². The number of hydrogen-bond acceptors (Lipinski definition) is 9. The Bertz CT molecular complexity index is 1820. The summed E-state index contributed by atoms with van der Waals surface area (Å²) in [5.74, 6) is 0.186. The van der Waals surface area contributed by atoms with Gasteiger partial charge in [-0.3, -0.25) is 23.7 Å². The maximum atomic E-state index is 15.6. The number of aromatic amines is 1. The van der Waals surface area contributed by atoms with Crippen LogP contribution in [0.3, 0.4) is 0 Å². The maximum Gasteiger partial charge on any atom is 0.458 e. The number of aromatic nitrogens is 2. The second kappa shape index (κ2) is 26.5.